The van der Waals surface area contributed by atoms with Gasteiger partial charge in [-0.15, -0.1) is 0 Å². The predicted molar refractivity (Wildman–Crippen MR) is 106 cm³/mol. The highest BCUT2D eigenvalue weighted by molar-refractivity contribution is 6.01. The highest BCUT2D eigenvalue weighted by atomic mass is 16.4. The van der Waals surface area contributed by atoms with Crippen molar-refractivity contribution in [3.05, 3.63) is 82.7 Å². The maximum atomic E-state index is 12.2. The molecule has 0 atom stereocenters. The Bertz CT molecular complexity index is 1220. The molecule has 0 fully saturated rings. The topological polar surface area (TPSA) is 70.8 Å². The maximum absolute atomic E-state index is 12.2. The van der Waals surface area contributed by atoms with Crippen LogP contribution >= 0.6 is 0 Å². The maximum Gasteiger partial charge on any atom is 0.338 e. The summed E-state index contributed by atoms with van der Waals surface area (Å²) in [5, 5.41) is 12.1. The molecule has 27 heavy (non-hydrogen) atoms. The van der Waals surface area contributed by atoms with E-state index in [1.165, 1.54) is 18.2 Å². The van der Waals surface area contributed by atoms with Crippen molar-refractivity contribution in [1.82, 2.24) is 0 Å². The Balaban J connectivity index is 1.98. The molecule has 3 aromatic carbocycles. The highest BCUT2D eigenvalue weighted by Gasteiger charge is 2.17. The van der Waals surface area contributed by atoms with E-state index in [0.717, 1.165) is 16.5 Å². The van der Waals surface area contributed by atoms with E-state index in [-0.39, 0.29) is 11.1 Å². The van der Waals surface area contributed by atoms with Crippen LogP contribution in [0.25, 0.3) is 21.7 Å². The average Bonchev–Trinajstić information content (AvgIpc) is 2.68. The van der Waals surface area contributed by atoms with Crippen LogP contribution in [0.15, 0.2) is 75.9 Å². The first-order valence-electron chi connectivity index (χ1n) is 8.65. The standard InChI is InChI=1S/C22H17NO4/c1-2-23(18-9-5-7-14-6-3-4-8-16(14)18)19-13-21(24)27-20-12-15(22(25)26)10-11-17(19)20/h3-13H,2H2,1H3,(H,25,26). The van der Waals surface area contributed by atoms with E-state index < -0.39 is 11.6 Å². The van der Waals surface area contributed by atoms with Crippen LogP contribution in [0.1, 0.15) is 17.3 Å². The smallest absolute Gasteiger partial charge is 0.338 e. The summed E-state index contributed by atoms with van der Waals surface area (Å²) < 4.78 is 5.27. The number of hydrogen-bond donors (Lipinski definition) is 1. The fraction of sp³-hybridized carbons (Fsp3) is 0.0909. The van der Waals surface area contributed by atoms with E-state index >= 15 is 0 Å². The number of carboxylic acids is 1. The number of aromatic carboxylic acids is 1. The first kappa shape index (κ1) is 16.8. The van der Waals surface area contributed by atoms with Gasteiger partial charge in [-0.3, -0.25) is 0 Å². The Morgan fingerprint density at radius 3 is 2.52 bits per heavy atom. The average molecular weight is 359 g/mol. The van der Waals surface area contributed by atoms with Crippen LogP contribution in [-0.2, 0) is 0 Å². The Morgan fingerprint density at radius 2 is 1.74 bits per heavy atom. The van der Waals surface area contributed by atoms with E-state index in [1.54, 1.807) is 6.07 Å². The van der Waals surface area contributed by atoms with Gasteiger partial charge < -0.3 is 14.4 Å². The zero-order valence-electron chi connectivity index (χ0n) is 14.7. The molecule has 0 saturated carbocycles. The second-order valence-corrected chi connectivity index (χ2v) is 6.21. The molecule has 134 valence electrons. The van der Waals surface area contributed by atoms with Gasteiger partial charge in [-0.1, -0.05) is 36.4 Å². The number of anilines is 2. The van der Waals surface area contributed by atoms with Gasteiger partial charge in [-0.2, -0.15) is 0 Å². The minimum Gasteiger partial charge on any atom is -0.478 e. The fourth-order valence-corrected chi connectivity index (χ4v) is 3.42. The molecule has 0 unspecified atom stereocenters. The summed E-state index contributed by atoms with van der Waals surface area (Å²) in [6, 6.07) is 20.1. The minimum atomic E-state index is -1.06. The first-order valence-corrected chi connectivity index (χ1v) is 8.65. The summed E-state index contributed by atoms with van der Waals surface area (Å²) in [5.41, 5.74) is 1.49. The molecule has 1 aromatic heterocycles. The van der Waals surface area contributed by atoms with Crippen molar-refractivity contribution in [2.45, 2.75) is 6.92 Å². The lowest BCUT2D eigenvalue weighted by molar-refractivity contribution is 0.0697. The van der Waals surface area contributed by atoms with Crippen LogP contribution in [0, 0.1) is 0 Å². The van der Waals surface area contributed by atoms with E-state index in [9.17, 15) is 14.7 Å². The second-order valence-electron chi connectivity index (χ2n) is 6.21. The molecule has 1 heterocycles. The number of rotatable bonds is 4. The molecule has 0 aliphatic carbocycles. The Labute approximate surface area is 155 Å². The van der Waals surface area contributed by atoms with Gasteiger partial charge in [-0.25, -0.2) is 9.59 Å². The van der Waals surface area contributed by atoms with Crippen LogP contribution < -0.4 is 10.5 Å². The van der Waals surface area contributed by atoms with E-state index in [1.807, 2.05) is 54.3 Å². The van der Waals surface area contributed by atoms with Crippen LogP contribution in [0.3, 0.4) is 0 Å². The lowest BCUT2D eigenvalue weighted by atomic mass is 10.1. The van der Waals surface area contributed by atoms with E-state index in [4.69, 9.17) is 4.42 Å². The minimum absolute atomic E-state index is 0.0796. The molecule has 0 saturated heterocycles. The molecule has 0 radical (unpaired) electrons. The third-order valence-corrected chi connectivity index (χ3v) is 4.63. The first-order chi connectivity index (χ1) is 13.1. The summed E-state index contributed by atoms with van der Waals surface area (Å²) in [6.45, 7) is 2.64. The molecule has 0 aliphatic rings. The van der Waals surface area contributed by atoms with Crippen molar-refractivity contribution < 1.29 is 14.3 Å². The summed E-state index contributed by atoms with van der Waals surface area (Å²) in [4.78, 5) is 25.4. The second kappa shape index (κ2) is 6.61. The quantitative estimate of drug-likeness (QED) is 0.530. The van der Waals surface area contributed by atoms with Gasteiger partial charge in [0.1, 0.15) is 5.58 Å². The summed E-state index contributed by atoms with van der Waals surface area (Å²) in [7, 11) is 0. The van der Waals surface area contributed by atoms with Gasteiger partial charge in [0.15, 0.2) is 0 Å². The molecule has 5 heteroatoms. The third-order valence-electron chi connectivity index (χ3n) is 4.63. The van der Waals surface area contributed by atoms with Crippen molar-refractivity contribution in [3.63, 3.8) is 0 Å². The van der Waals surface area contributed by atoms with Gasteiger partial charge in [0.2, 0.25) is 0 Å². The van der Waals surface area contributed by atoms with E-state index in [0.29, 0.717) is 17.6 Å². The fourth-order valence-electron chi connectivity index (χ4n) is 3.42. The Hall–Kier alpha value is -3.60. The van der Waals surface area contributed by atoms with Crippen molar-refractivity contribution in [1.29, 1.82) is 0 Å². The summed E-state index contributed by atoms with van der Waals surface area (Å²) >= 11 is 0. The van der Waals surface area contributed by atoms with Gasteiger partial charge in [0.25, 0.3) is 0 Å². The molecule has 0 amide bonds. The van der Waals surface area contributed by atoms with Gasteiger partial charge in [-0.05, 0) is 36.6 Å². The lowest BCUT2D eigenvalue weighted by Crippen LogP contribution is -2.18. The molecular formula is C22H17NO4. The molecule has 0 aliphatic heterocycles. The number of carbonyl (C=O) groups is 1. The van der Waals surface area contributed by atoms with Crippen LogP contribution in [0.5, 0.6) is 0 Å². The predicted octanol–water partition coefficient (Wildman–Crippen LogP) is 4.80. The van der Waals surface area contributed by atoms with Crippen molar-refractivity contribution >= 4 is 39.1 Å². The normalized spacial score (nSPS) is 11.0. The van der Waals surface area contributed by atoms with Crippen molar-refractivity contribution in [2.75, 3.05) is 11.4 Å². The number of nitrogens with zero attached hydrogens (tertiary/aromatic N) is 1. The molecule has 0 spiro atoms. The zero-order chi connectivity index (χ0) is 19.0. The molecular weight excluding hydrogens is 342 g/mol. The van der Waals surface area contributed by atoms with Crippen LogP contribution in [0.4, 0.5) is 11.4 Å². The van der Waals surface area contributed by atoms with Crippen LogP contribution in [0.2, 0.25) is 0 Å². The molecule has 1 N–H and O–H groups in total. The molecule has 4 aromatic rings. The molecule has 4 rings (SSSR count). The summed E-state index contributed by atoms with van der Waals surface area (Å²) in [6.07, 6.45) is 0. The lowest BCUT2D eigenvalue weighted by Gasteiger charge is -2.25. The molecule has 0 bridgehead atoms. The SMILES string of the molecule is CCN(c1cccc2ccccc12)c1cc(=O)oc2cc(C(=O)O)ccc12. The van der Waals surface area contributed by atoms with Crippen LogP contribution in [-0.4, -0.2) is 17.6 Å². The number of benzene rings is 3. The van der Waals surface area contributed by atoms with Crippen molar-refractivity contribution in [2.24, 2.45) is 0 Å². The van der Waals surface area contributed by atoms with Gasteiger partial charge in [0.05, 0.1) is 11.3 Å². The largest absolute Gasteiger partial charge is 0.478 e. The Kier molecular flexibility index (Phi) is 4.12. The number of carboxylic acid groups (broad SMARTS) is 1. The van der Waals surface area contributed by atoms with Gasteiger partial charge >= 0.3 is 11.6 Å². The number of hydrogen-bond acceptors (Lipinski definition) is 4. The van der Waals surface area contributed by atoms with Crippen molar-refractivity contribution in [3.8, 4) is 0 Å². The van der Waals surface area contributed by atoms with Gasteiger partial charge in [0, 0.05) is 29.1 Å². The zero-order valence-corrected chi connectivity index (χ0v) is 14.7. The third kappa shape index (κ3) is 2.93. The highest BCUT2D eigenvalue weighted by Crippen LogP contribution is 2.35. The molecule has 5 nitrogen and oxygen atoms in total. The number of fused-ring (bicyclic) bond motifs is 2. The Morgan fingerprint density at radius 1 is 0.963 bits per heavy atom. The summed E-state index contributed by atoms with van der Waals surface area (Å²) in [5.74, 6) is -1.06. The monoisotopic (exact) mass is 359 g/mol. The van der Waals surface area contributed by atoms with E-state index in [2.05, 4.69) is 0 Å².